The molecular formula is C27H27ClN2O6. The molecule has 1 aliphatic rings. The molecule has 9 heteroatoms. The van der Waals surface area contributed by atoms with Gasteiger partial charge in [-0.1, -0.05) is 48.5 Å². The molecule has 1 saturated heterocycles. The van der Waals surface area contributed by atoms with Gasteiger partial charge < -0.3 is 25.5 Å². The SMILES string of the molecule is Cc1c(O)cccc1C(=O)N[C@@H](Cc1cccc2ccccc12)[C@H](O)C(=O)N1C[C@@H](Cl)C[C@H]1C(=O)O. The number of benzene rings is 3. The third kappa shape index (κ3) is 5.15. The molecule has 188 valence electrons. The molecule has 3 aromatic rings. The number of carboxylic acid groups (broad SMARTS) is 1. The normalized spacial score (nSPS) is 19.1. The number of hydrogen-bond acceptors (Lipinski definition) is 5. The van der Waals surface area contributed by atoms with Crippen LogP contribution in [0.2, 0.25) is 0 Å². The van der Waals surface area contributed by atoms with Gasteiger partial charge in [0.05, 0.1) is 11.4 Å². The number of rotatable bonds is 7. The van der Waals surface area contributed by atoms with Gasteiger partial charge in [0.2, 0.25) is 0 Å². The zero-order valence-electron chi connectivity index (χ0n) is 19.6. The number of amides is 2. The van der Waals surface area contributed by atoms with Crippen molar-refractivity contribution in [2.45, 2.75) is 43.3 Å². The summed E-state index contributed by atoms with van der Waals surface area (Å²) in [6.45, 7) is 1.57. The lowest BCUT2D eigenvalue weighted by Crippen LogP contribution is -2.54. The molecular weight excluding hydrogens is 484 g/mol. The van der Waals surface area contributed by atoms with Crippen LogP contribution < -0.4 is 5.32 Å². The van der Waals surface area contributed by atoms with Crippen molar-refractivity contribution in [2.24, 2.45) is 0 Å². The number of aliphatic carboxylic acids is 1. The van der Waals surface area contributed by atoms with Gasteiger partial charge in [0.15, 0.2) is 6.10 Å². The number of aromatic hydroxyl groups is 1. The topological polar surface area (TPSA) is 127 Å². The van der Waals surface area contributed by atoms with Crippen LogP contribution in [0.5, 0.6) is 5.75 Å². The van der Waals surface area contributed by atoms with Crippen molar-refractivity contribution in [3.63, 3.8) is 0 Å². The maximum atomic E-state index is 13.3. The molecule has 4 N–H and O–H groups in total. The number of carbonyl (C=O) groups excluding carboxylic acids is 2. The maximum absolute atomic E-state index is 13.3. The van der Waals surface area contributed by atoms with Crippen molar-refractivity contribution in [3.8, 4) is 5.75 Å². The van der Waals surface area contributed by atoms with Crippen LogP contribution in [0, 0.1) is 6.92 Å². The fourth-order valence-electron chi connectivity index (χ4n) is 4.67. The summed E-state index contributed by atoms with van der Waals surface area (Å²) in [5.74, 6) is -2.65. The van der Waals surface area contributed by atoms with Gasteiger partial charge in [0, 0.05) is 17.7 Å². The fourth-order valence-corrected chi connectivity index (χ4v) is 4.99. The first-order chi connectivity index (χ1) is 17.2. The van der Waals surface area contributed by atoms with Gasteiger partial charge in [-0.15, -0.1) is 11.6 Å². The van der Waals surface area contributed by atoms with E-state index in [-0.39, 0.29) is 30.7 Å². The third-order valence-electron chi connectivity index (χ3n) is 6.64. The van der Waals surface area contributed by atoms with Crippen LogP contribution in [0.25, 0.3) is 10.8 Å². The number of nitrogens with one attached hydrogen (secondary N) is 1. The number of halogens is 1. The quantitative estimate of drug-likeness (QED) is 0.362. The predicted molar refractivity (Wildman–Crippen MR) is 135 cm³/mol. The van der Waals surface area contributed by atoms with Gasteiger partial charge in [-0.25, -0.2) is 4.79 Å². The number of carboxylic acids is 1. The molecule has 3 aromatic carbocycles. The van der Waals surface area contributed by atoms with Crippen LogP contribution in [0.3, 0.4) is 0 Å². The summed E-state index contributed by atoms with van der Waals surface area (Å²) in [7, 11) is 0. The number of phenolic OH excluding ortho intramolecular Hbond substituents is 1. The molecule has 0 unspecified atom stereocenters. The Hall–Kier alpha value is -3.62. The van der Waals surface area contributed by atoms with Crippen LogP contribution in [-0.2, 0) is 16.0 Å². The second-order valence-electron chi connectivity index (χ2n) is 8.99. The van der Waals surface area contributed by atoms with E-state index in [1.54, 1.807) is 6.92 Å². The van der Waals surface area contributed by atoms with E-state index in [4.69, 9.17) is 11.6 Å². The third-order valence-corrected chi connectivity index (χ3v) is 6.95. The van der Waals surface area contributed by atoms with E-state index in [2.05, 4.69) is 5.32 Å². The van der Waals surface area contributed by atoms with E-state index in [1.807, 2.05) is 42.5 Å². The van der Waals surface area contributed by atoms with E-state index in [1.165, 1.54) is 18.2 Å². The summed E-state index contributed by atoms with van der Waals surface area (Å²) in [6.07, 6.45) is -1.55. The van der Waals surface area contributed by atoms with E-state index in [9.17, 15) is 29.7 Å². The van der Waals surface area contributed by atoms with E-state index >= 15 is 0 Å². The first kappa shape index (κ1) is 25.5. The predicted octanol–water partition coefficient (Wildman–Crippen LogP) is 2.85. The largest absolute Gasteiger partial charge is 0.508 e. The zero-order valence-corrected chi connectivity index (χ0v) is 20.4. The first-order valence-electron chi connectivity index (χ1n) is 11.6. The molecule has 1 heterocycles. The minimum atomic E-state index is -1.73. The average Bonchev–Trinajstić information content (AvgIpc) is 3.26. The molecule has 0 radical (unpaired) electrons. The van der Waals surface area contributed by atoms with Crippen molar-refractivity contribution in [3.05, 3.63) is 77.4 Å². The summed E-state index contributed by atoms with van der Waals surface area (Å²) in [5.41, 5.74) is 1.35. The van der Waals surface area contributed by atoms with Crippen molar-refractivity contribution >= 4 is 40.2 Å². The van der Waals surface area contributed by atoms with Gasteiger partial charge in [0.25, 0.3) is 11.8 Å². The number of hydrogen-bond donors (Lipinski definition) is 4. The van der Waals surface area contributed by atoms with Crippen molar-refractivity contribution < 1.29 is 29.7 Å². The number of phenols is 1. The number of alkyl halides is 1. The molecule has 1 fully saturated rings. The van der Waals surface area contributed by atoms with Gasteiger partial charge in [-0.05, 0) is 48.2 Å². The Balaban J connectivity index is 1.67. The molecule has 0 aromatic heterocycles. The van der Waals surface area contributed by atoms with Gasteiger partial charge in [-0.2, -0.15) is 0 Å². The van der Waals surface area contributed by atoms with Crippen LogP contribution in [0.15, 0.2) is 60.7 Å². The maximum Gasteiger partial charge on any atom is 0.326 e. The molecule has 4 atom stereocenters. The van der Waals surface area contributed by atoms with Crippen LogP contribution in [-0.4, -0.2) is 68.1 Å². The van der Waals surface area contributed by atoms with Crippen LogP contribution in [0.1, 0.15) is 27.9 Å². The number of fused-ring (bicyclic) bond motifs is 1. The molecule has 0 aliphatic carbocycles. The second-order valence-corrected chi connectivity index (χ2v) is 9.61. The monoisotopic (exact) mass is 510 g/mol. The second kappa shape index (κ2) is 10.6. The smallest absolute Gasteiger partial charge is 0.326 e. The number of nitrogens with zero attached hydrogens (tertiary/aromatic N) is 1. The highest BCUT2D eigenvalue weighted by Crippen LogP contribution is 2.26. The zero-order chi connectivity index (χ0) is 26.0. The van der Waals surface area contributed by atoms with Crippen molar-refractivity contribution in [2.75, 3.05) is 6.54 Å². The highest BCUT2D eigenvalue weighted by atomic mass is 35.5. The number of carbonyl (C=O) groups is 3. The lowest BCUT2D eigenvalue weighted by molar-refractivity contribution is -0.152. The Kier molecular flexibility index (Phi) is 7.47. The van der Waals surface area contributed by atoms with E-state index < -0.39 is 41.3 Å². The Bertz CT molecular complexity index is 1310. The number of aliphatic hydroxyl groups excluding tert-OH is 1. The molecule has 36 heavy (non-hydrogen) atoms. The van der Waals surface area contributed by atoms with E-state index in [0.29, 0.717) is 5.56 Å². The highest BCUT2D eigenvalue weighted by Gasteiger charge is 2.43. The molecule has 1 aliphatic heterocycles. The Labute approximate surface area is 213 Å². The van der Waals surface area contributed by atoms with E-state index in [0.717, 1.165) is 21.2 Å². The summed E-state index contributed by atoms with van der Waals surface area (Å²) < 4.78 is 0. The molecule has 4 rings (SSSR count). The summed E-state index contributed by atoms with van der Waals surface area (Å²) in [6, 6.07) is 15.5. The Morgan fingerprint density at radius 2 is 1.78 bits per heavy atom. The highest BCUT2D eigenvalue weighted by molar-refractivity contribution is 6.21. The molecule has 0 bridgehead atoms. The fraction of sp³-hybridized carbons (Fsp3) is 0.296. The molecule has 8 nitrogen and oxygen atoms in total. The van der Waals surface area contributed by atoms with Gasteiger partial charge in [0.1, 0.15) is 11.8 Å². The molecule has 0 spiro atoms. The van der Waals surface area contributed by atoms with Crippen LogP contribution in [0.4, 0.5) is 0 Å². The van der Waals surface area contributed by atoms with Crippen molar-refractivity contribution in [1.29, 1.82) is 0 Å². The minimum Gasteiger partial charge on any atom is -0.508 e. The molecule has 2 amide bonds. The van der Waals surface area contributed by atoms with Crippen molar-refractivity contribution in [1.82, 2.24) is 10.2 Å². The average molecular weight is 511 g/mol. The van der Waals surface area contributed by atoms with Crippen LogP contribution >= 0.6 is 11.6 Å². The number of likely N-dealkylation sites (tertiary alicyclic amines) is 1. The molecule has 0 saturated carbocycles. The summed E-state index contributed by atoms with van der Waals surface area (Å²) in [5, 5.41) is 34.8. The lowest BCUT2D eigenvalue weighted by atomic mass is 9.95. The minimum absolute atomic E-state index is 0.0188. The summed E-state index contributed by atoms with van der Waals surface area (Å²) >= 11 is 6.13. The Morgan fingerprint density at radius 3 is 2.53 bits per heavy atom. The number of aliphatic hydroxyl groups is 1. The van der Waals surface area contributed by atoms with Gasteiger partial charge >= 0.3 is 5.97 Å². The van der Waals surface area contributed by atoms with Gasteiger partial charge in [-0.3, -0.25) is 9.59 Å². The first-order valence-corrected chi connectivity index (χ1v) is 12.0. The standard InChI is InChI=1S/C27H27ClN2O6/c1-15-19(10-5-11-23(15)31)25(33)29-21(12-17-8-4-7-16-6-2-3-9-20(16)17)24(32)26(34)30-14-18(28)13-22(30)27(35)36/h2-11,18,21-22,24,31-32H,12-14H2,1H3,(H,29,33)(H,35,36)/t18-,21-,22-,24-/m0/s1. The summed E-state index contributed by atoms with van der Waals surface area (Å²) in [4.78, 5) is 39.2. The lowest BCUT2D eigenvalue weighted by Gasteiger charge is -2.29. The Morgan fingerprint density at radius 1 is 1.08 bits per heavy atom.